The third kappa shape index (κ3) is 5.76. The van der Waals surface area contributed by atoms with Crippen LogP contribution in [0.15, 0.2) is 204 Å². The fourth-order valence-corrected chi connectivity index (χ4v) is 9.00. The van der Waals surface area contributed by atoms with Crippen LogP contribution in [0, 0.1) is 0 Å². The Labute approximate surface area is 299 Å². The number of nitrogens with zero attached hydrogens (tertiary/aromatic N) is 1. The molecule has 0 saturated carbocycles. The summed E-state index contributed by atoms with van der Waals surface area (Å²) in [5, 5.41) is 0. The smallest absolute Gasteiger partial charge is 0.0468 e. The van der Waals surface area contributed by atoms with E-state index < -0.39 is 0 Å². The molecule has 2 atom stereocenters. The van der Waals surface area contributed by atoms with Gasteiger partial charge in [-0.25, -0.2) is 0 Å². The molecule has 240 valence electrons. The minimum Gasteiger partial charge on any atom is -0.311 e. The summed E-state index contributed by atoms with van der Waals surface area (Å²) in [6.07, 6.45) is 15.9. The van der Waals surface area contributed by atoms with Crippen molar-refractivity contribution >= 4 is 23.1 Å². The van der Waals surface area contributed by atoms with E-state index in [1.807, 2.05) is 11.8 Å². The number of anilines is 2. The predicted octanol–water partition coefficient (Wildman–Crippen LogP) is 13.5. The molecule has 0 N–H and O–H groups in total. The van der Waals surface area contributed by atoms with Gasteiger partial charge in [-0.15, -0.1) is 0 Å². The van der Waals surface area contributed by atoms with Crippen LogP contribution in [0.5, 0.6) is 0 Å². The van der Waals surface area contributed by atoms with Crippen molar-refractivity contribution in [3.8, 4) is 33.4 Å². The Morgan fingerprint density at radius 1 is 0.560 bits per heavy atom. The van der Waals surface area contributed by atoms with Crippen molar-refractivity contribution in [2.75, 3.05) is 4.90 Å². The molecule has 1 heterocycles. The molecule has 2 aliphatic carbocycles. The highest BCUT2D eigenvalue weighted by molar-refractivity contribution is 8.03. The van der Waals surface area contributed by atoms with Crippen LogP contribution in [-0.4, -0.2) is 0 Å². The predicted molar refractivity (Wildman–Crippen MR) is 213 cm³/mol. The van der Waals surface area contributed by atoms with E-state index >= 15 is 0 Å². The summed E-state index contributed by atoms with van der Waals surface area (Å²) in [7, 11) is 0. The third-order valence-corrected chi connectivity index (χ3v) is 11.5. The van der Waals surface area contributed by atoms with Gasteiger partial charge < -0.3 is 4.90 Å². The highest BCUT2D eigenvalue weighted by Crippen LogP contribution is 2.55. The number of allylic oxidation sites excluding steroid dienone is 7. The topological polar surface area (TPSA) is 3.24 Å². The van der Waals surface area contributed by atoms with E-state index in [9.17, 15) is 0 Å². The second kappa shape index (κ2) is 13.4. The summed E-state index contributed by atoms with van der Waals surface area (Å²) in [6.45, 7) is 0. The van der Waals surface area contributed by atoms with Crippen molar-refractivity contribution in [1.29, 1.82) is 0 Å². The Morgan fingerprint density at radius 3 is 2.00 bits per heavy atom. The third-order valence-electron chi connectivity index (χ3n) is 10.2. The minimum atomic E-state index is 0.371. The van der Waals surface area contributed by atoms with Gasteiger partial charge in [0.15, 0.2) is 0 Å². The maximum atomic E-state index is 2.43. The van der Waals surface area contributed by atoms with Crippen molar-refractivity contribution in [3.05, 3.63) is 210 Å². The zero-order valence-electron chi connectivity index (χ0n) is 27.8. The van der Waals surface area contributed by atoms with Crippen molar-refractivity contribution < 1.29 is 0 Å². The van der Waals surface area contributed by atoms with Gasteiger partial charge >= 0.3 is 0 Å². The molecule has 0 fully saturated rings. The quantitative estimate of drug-likeness (QED) is 0.168. The summed E-state index contributed by atoms with van der Waals surface area (Å²) in [4.78, 5) is 5.29. The van der Waals surface area contributed by atoms with Crippen LogP contribution in [0.4, 0.5) is 11.4 Å². The van der Waals surface area contributed by atoms with Crippen molar-refractivity contribution in [2.24, 2.45) is 0 Å². The Morgan fingerprint density at radius 2 is 1.26 bits per heavy atom. The van der Waals surface area contributed by atoms with Gasteiger partial charge in [-0.1, -0.05) is 170 Å². The molecule has 2 heteroatoms. The molecular formula is C48H37NS. The van der Waals surface area contributed by atoms with Crippen LogP contribution in [0.1, 0.15) is 35.8 Å². The molecule has 50 heavy (non-hydrogen) atoms. The monoisotopic (exact) mass is 659 g/mol. The van der Waals surface area contributed by atoms with E-state index in [2.05, 4.69) is 193 Å². The Balaban J connectivity index is 1.16. The van der Waals surface area contributed by atoms with Crippen LogP contribution < -0.4 is 4.90 Å². The Bertz CT molecular complexity index is 2280. The summed E-state index contributed by atoms with van der Waals surface area (Å²) in [6, 6.07) is 55.4. The molecule has 9 rings (SSSR count). The van der Waals surface area contributed by atoms with E-state index in [0.29, 0.717) is 11.8 Å². The van der Waals surface area contributed by atoms with Gasteiger partial charge in [0.25, 0.3) is 0 Å². The average molecular weight is 660 g/mol. The van der Waals surface area contributed by atoms with Crippen molar-refractivity contribution in [1.82, 2.24) is 0 Å². The standard InChI is InChI=1S/C48H37NS/c1-4-13-34(14-5-1)36-23-27-39(28-24-36)49(40-29-25-37(26-30-40)35-15-6-2-7-16-35)41-31-32-42(46(33-41)38-17-8-3-9-18-38)44-20-12-21-45-43-19-10-11-22-47(43)50-48(44)45/h1-18,20-25,27-33,37,43H,19,26H2. The highest BCUT2D eigenvalue weighted by Gasteiger charge is 2.31. The zero-order valence-corrected chi connectivity index (χ0v) is 28.6. The molecule has 0 spiro atoms. The lowest BCUT2D eigenvalue weighted by atomic mass is 9.88. The normalized spacial score (nSPS) is 17.4. The van der Waals surface area contributed by atoms with Gasteiger partial charge in [0, 0.05) is 33.8 Å². The van der Waals surface area contributed by atoms with Crippen LogP contribution >= 0.6 is 11.8 Å². The molecule has 0 saturated heterocycles. The van der Waals surface area contributed by atoms with Crippen LogP contribution in [0.2, 0.25) is 0 Å². The largest absolute Gasteiger partial charge is 0.311 e. The number of hydrogen-bond acceptors (Lipinski definition) is 2. The molecule has 1 nitrogen and oxygen atoms in total. The first-order valence-electron chi connectivity index (χ1n) is 17.6. The maximum Gasteiger partial charge on any atom is 0.0468 e. The minimum absolute atomic E-state index is 0.371. The molecular weight excluding hydrogens is 623 g/mol. The molecule has 1 aliphatic heterocycles. The lowest BCUT2D eigenvalue weighted by molar-refractivity contribution is 0.838. The average Bonchev–Trinajstić information content (AvgIpc) is 3.59. The van der Waals surface area contributed by atoms with Crippen LogP contribution in [0.25, 0.3) is 33.4 Å². The summed E-state index contributed by atoms with van der Waals surface area (Å²) in [5.74, 6) is 0.842. The van der Waals surface area contributed by atoms with E-state index in [0.717, 1.165) is 24.2 Å². The second-order valence-electron chi connectivity index (χ2n) is 13.2. The molecule has 3 aliphatic rings. The highest BCUT2D eigenvalue weighted by atomic mass is 32.2. The summed E-state index contributed by atoms with van der Waals surface area (Å²) < 4.78 is 0. The fraction of sp³-hybridized carbons (Fsp3) is 0.0833. The van der Waals surface area contributed by atoms with E-state index in [1.54, 1.807) is 0 Å². The van der Waals surface area contributed by atoms with Gasteiger partial charge in [-0.2, -0.15) is 0 Å². The molecule has 6 aromatic rings. The number of fused-ring (bicyclic) bond motifs is 3. The lowest BCUT2D eigenvalue weighted by Crippen LogP contribution is -2.17. The van der Waals surface area contributed by atoms with E-state index in [4.69, 9.17) is 0 Å². The molecule has 0 aromatic heterocycles. The van der Waals surface area contributed by atoms with Gasteiger partial charge in [-0.3, -0.25) is 0 Å². The summed E-state index contributed by atoms with van der Waals surface area (Å²) in [5.41, 5.74) is 13.8. The zero-order chi connectivity index (χ0) is 33.3. The molecule has 2 unspecified atom stereocenters. The fourth-order valence-electron chi connectivity index (χ4n) is 7.63. The van der Waals surface area contributed by atoms with Crippen molar-refractivity contribution in [2.45, 2.75) is 29.6 Å². The Kier molecular flexibility index (Phi) is 8.16. The summed E-state index contributed by atoms with van der Waals surface area (Å²) >= 11 is 1.95. The van der Waals surface area contributed by atoms with E-state index in [1.165, 1.54) is 60.0 Å². The first kappa shape index (κ1) is 30.5. The Hall–Kier alpha value is -5.57. The number of thioether (sulfide) groups is 1. The number of benzene rings is 6. The molecule has 0 bridgehead atoms. The van der Waals surface area contributed by atoms with Gasteiger partial charge in [-0.05, 0) is 92.6 Å². The first-order chi connectivity index (χ1) is 24.8. The van der Waals surface area contributed by atoms with Gasteiger partial charge in [0.1, 0.15) is 0 Å². The first-order valence-corrected chi connectivity index (χ1v) is 18.4. The number of hydrogen-bond donors (Lipinski definition) is 0. The molecule has 0 radical (unpaired) electrons. The van der Waals surface area contributed by atoms with Gasteiger partial charge in [0.05, 0.1) is 0 Å². The van der Waals surface area contributed by atoms with E-state index in [-0.39, 0.29) is 0 Å². The number of rotatable bonds is 7. The van der Waals surface area contributed by atoms with Crippen molar-refractivity contribution in [3.63, 3.8) is 0 Å². The molecule has 6 aromatic carbocycles. The molecule has 0 amide bonds. The van der Waals surface area contributed by atoms with Crippen LogP contribution in [-0.2, 0) is 0 Å². The lowest BCUT2D eigenvalue weighted by Gasteiger charge is -2.30. The van der Waals surface area contributed by atoms with Crippen LogP contribution in [0.3, 0.4) is 0 Å². The SMILES string of the molecule is C1=CCC2C(=C1)Sc1c(-c3ccc(N(C4=CCC(c5ccccc5)C=C4)c4ccc(-c5ccccc5)cc4)cc3-c3ccccc3)cccc12. The maximum absolute atomic E-state index is 2.43. The second-order valence-corrected chi connectivity index (χ2v) is 14.3. The van der Waals surface area contributed by atoms with Gasteiger partial charge in [0.2, 0.25) is 0 Å².